The first-order valence-corrected chi connectivity index (χ1v) is 7.07. The van der Waals surface area contributed by atoms with Crippen molar-refractivity contribution in [2.75, 3.05) is 27.4 Å². The van der Waals surface area contributed by atoms with Gasteiger partial charge in [0, 0.05) is 30.6 Å². The molecule has 0 fully saturated rings. The van der Waals surface area contributed by atoms with Crippen molar-refractivity contribution in [1.82, 2.24) is 4.98 Å². The van der Waals surface area contributed by atoms with Crippen LogP contribution in [0.15, 0.2) is 24.4 Å². The van der Waals surface area contributed by atoms with Crippen LogP contribution in [0.5, 0.6) is 5.75 Å². The maximum Gasteiger partial charge on any atom is 0.325 e. The predicted octanol–water partition coefficient (Wildman–Crippen LogP) is 1.63. The summed E-state index contributed by atoms with van der Waals surface area (Å²) in [5, 5.41) is 0.982. The van der Waals surface area contributed by atoms with E-state index in [0.717, 1.165) is 22.2 Å². The number of hydrogen-bond acceptors (Lipinski definition) is 5. The second kappa shape index (κ2) is 6.81. The number of benzene rings is 1. The minimum absolute atomic E-state index is 0.376. The van der Waals surface area contributed by atoms with Crippen LogP contribution in [-0.4, -0.2) is 43.9 Å². The third kappa shape index (κ3) is 3.58. The molecule has 0 unspecified atom stereocenters. The molecule has 0 aliphatic carbocycles. The fourth-order valence-corrected chi connectivity index (χ4v) is 2.34. The highest BCUT2D eigenvalue weighted by atomic mass is 16.5. The topological polar surface area (TPSA) is 86.6 Å². The van der Waals surface area contributed by atoms with Gasteiger partial charge in [0.25, 0.3) is 0 Å². The largest absolute Gasteiger partial charge is 0.491 e. The Morgan fingerprint density at radius 3 is 2.77 bits per heavy atom. The summed E-state index contributed by atoms with van der Waals surface area (Å²) in [4.78, 5) is 14.9. The van der Waals surface area contributed by atoms with E-state index >= 15 is 0 Å². The lowest BCUT2D eigenvalue weighted by Gasteiger charge is -2.21. The molecule has 1 aromatic carbocycles. The summed E-state index contributed by atoms with van der Waals surface area (Å²) in [6.07, 6.45) is 2.23. The fourth-order valence-electron chi connectivity index (χ4n) is 2.34. The number of fused-ring (bicyclic) bond motifs is 1. The summed E-state index contributed by atoms with van der Waals surface area (Å²) < 4.78 is 15.3. The van der Waals surface area contributed by atoms with Gasteiger partial charge in [0.1, 0.15) is 17.9 Å². The van der Waals surface area contributed by atoms with Crippen molar-refractivity contribution >= 4 is 16.9 Å². The molecule has 0 spiro atoms. The number of nitrogens with one attached hydrogen (secondary N) is 1. The number of H-pyrrole nitrogens is 1. The first kappa shape index (κ1) is 16.3. The SMILES string of the molecule is COCCOc1ccc2[nH]cc(C[C@](C)(N)C(=O)OC)c2c1. The Kier molecular flexibility index (Phi) is 5.05. The molecular weight excluding hydrogens is 284 g/mol. The highest BCUT2D eigenvalue weighted by molar-refractivity contribution is 5.87. The van der Waals surface area contributed by atoms with E-state index in [-0.39, 0.29) is 0 Å². The van der Waals surface area contributed by atoms with E-state index in [1.807, 2.05) is 24.4 Å². The summed E-state index contributed by atoms with van der Waals surface area (Å²) in [7, 11) is 2.97. The Bertz CT molecular complexity index is 649. The van der Waals surface area contributed by atoms with E-state index in [9.17, 15) is 4.79 Å². The van der Waals surface area contributed by atoms with Gasteiger partial charge < -0.3 is 24.9 Å². The molecule has 1 heterocycles. The molecule has 0 saturated carbocycles. The van der Waals surface area contributed by atoms with Gasteiger partial charge in [-0.1, -0.05) is 0 Å². The van der Waals surface area contributed by atoms with Crippen molar-refractivity contribution in [3.05, 3.63) is 30.0 Å². The van der Waals surface area contributed by atoms with Gasteiger partial charge in [-0.25, -0.2) is 0 Å². The van der Waals surface area contributed by atoms with Crippen molar-refractivity contribution in [1.29, 1.82) is 0 Å². The van der Waals surface area contributed by atoms with Crippen LogP contribution in [0.25, 0.3) is 10.9 Å². The highest BCUT2D eigenvalue weighted by Crippen LogP contribution is 2.26. The summed E-state index contributed by atoms with van der Waals surface area (Å²) in [6.45, 7) is 2.68. The zero-order chi connectivity index (χ0) is 16.2. The zero-order valence-corrected chi connectivity index (χ0v) is 13.1. The minimum Gasteiger partial charge on any atom is -0.491 e. The molecule has 1 aromatic heterocycles. The quantitative estimate of drug-likeness (QED) is 0.600. The van der Waals surface area contributed by atoms with Gasteiger partial charge >= 0.3 is 5.97 Å². The molecule has 0 amide bonds. The normalized spacial score (nSPS) is 13.8. The van der Waals surface area contributed by atoms with Crippen molar-refractivity contribution in [2.45, 2.75) is 18.9 Å². The third-order valence-corrected chi connectivity index (χ3v) is 3.50. The average Bonchev–Trinajstić information content (AvgIpc) is 2.88. The molecule has 2 rings (SSSR count). The Hall–Kier alpha value is -2.05. The molecule has 22 heavy (non-hydrogen) atoms. The monoisotopic (exact) mass is 306 g/mol. The molecule has 0 radical (unpaired) electrons. The number of hydrogen-bond donors (Lipinski definition) is 2. The van der Waals surface area contributed by atoms with E-state index < -0.39 is 11.5 Å². The second-order valence-corrected chi connectivity index (χ2v) is 5.45. The molecule has 2 aromatic rings. The van der Waals surface area contributed by atoms with E-state index in [1.54, 1.807) is 14.0 Å². The minimum atomic E-state index is -1.07. The lowest BCUT2D eigenvalue weighted by atomic mass is 9.94. The van der Waals surface area contributed by atoms with Gasteiger partial charge in [-0.05, 0) is 30.7 Å². The van der Waals surface area contributed by atoms with Crippen molar-refractivity contribution in [3.63, 3.8) is 0 Å². The smallest absolute Gasteiger partial charge is 0.325 e. The van der Waals surface area contributed by atoms with E-state index in [0.29, 0.717) is 19.6 Å². The van der Waals surface area contributed by atoms with Crippen LogP contribution in [0, 0.1) is 0 Å². The molecule has 6 nitrogen and oxygen atoms in total. The number of methoxy groups -OCH3 is 2. The van der Waals surface area contributed by atoms with Gasteiger partial charge in [-0.15, -0.1) is 0 Å². The predicted molar refractivity (Wildman–Crippen MR) is 84.0 cm³/mol. The van der Waals surface area contributed by atoms with Crippen LogP contribution in [0.4, 0.5) is 0 Å². The molecule has 0 bridgehead atoms. The van der Waals surface area contributed by atoms with Crippen LogP contribution < -0.4 is 10.5 Å². The zero-order valence-electron chi connectivity index (χ0n) is 13.1. The summed E-state index contributed by atoms with van der Waals surface area (Å²) in [5.41, 5.74) is 6.89. The maximum atomic E-state index is 11.7. The molecule has 0 aliphatic heterocycles. The Morgan fingerprint density at radius 2 is 2.09 bits per heavy atom. The molecule has 0 saturated heterocycles. The summed E-state index contributed by atoms with van der Waals surface area (Å²) in [6, 6.07) is 5.76. The van der Waals surface area contributed by atoms with Gasteiger partial charge in [-0.2, -0.15) is 0 Å². The summed E-state index contributed by atoms with van der Waals surface area (Å²) in [5.74, 6) is 0.316. The Morgan fingerprint density at radius 1 is 1.32 bits per heavy atom. The Balaban J connectivity index is 2.23. The maximum absolute atomic E-state index is 11.7. The number of aromatic nitrogens is 1. The van der Waals surface area contributed by atoms with Crippen molar-refractivity contribution in [2.24, 2.45) is 5.73 Å². The number of rotatable bonds is 7. The number of carbonyl (C=O) groups is 1. The van der Waals surface area contributed by atoms with Gasteiger partial charge in [0.05, 0.1) is 13.7 Å². The average molecular weight is 306 g/mol. The lowest BCUT2D eigenvalue weighted by molar-refractivity contribution is -0.146. The molecule has 1 atom stereocenters. The van der Waals surface area contributed by atoms with E-state index in [1.165, 1.54) is 7.11 Å². The van der Waals surface area contributed by atoms with Gasteiger partial charge in [0.15, 0.2) is 0 Å². The van der Waals surface area contributed by atoms with Gasteiger partial charge in [-0.3, -0.25) is 4.79 Å². The van der Waals surface area contributed by atoms with Crippen LogP contribution in [0.1, 0.15) is 12.5 Å². The number of carbonyl (C=O) groups excluding carboxylic acids is 1. The number of aromatic amines is 1. The van der Waals surface area contributed by atoms with E-state index in [4.69, 9.17) is 19.9 Å². The molecule has 0 aliphatic rings. The molecular formula is C16H22N2O4. The fraction of sp³-hybridized carbons (Fsp3) is 0.438. The number of ether oxygens (including phenoxy) is 3. The van der Waals surface area contributed by atoms with E-state index in [2.05, 4.69) is 4.98 Å². The lowest BCUT2D eigenvalue weighted by Crippen LogP contribution is -2.47. The number of esters is 1. The number of nitrogens with two attached hydrogens (primary N) is 1. The Labute approximate surface area is 129 Å². The highest BCUT2D eigenvalue weighted by Gasteiger charge is 2.30. The first-order valence-electron chi connectivity index (χ1n) is 7.07. The molecule has 3 N–H and O–H groups in total. The van der Waals surface area contributed by atoms with Crippen molar-refractivity contribution < 1.29 is 19.0 Å². The van der Waals surface area contributed by atoms with Crippen LogP contribution in [-0.2, 0) is 20.7 Å². The van der Waals surface area contributed by atoms with Crippen LogP contribution >= 0.6 is 0 Å². The second-order valence-electron chi connectivity index (χ2n) is 5.45. The van der Waals surface area contributed by atoms with Crippen LogP contribution in [0.3, 0.4) is 0 Å². The summed E-state index contributed by atoms with van der Waals surface area (Å²) >= 11 is 0. The van der Waals surface area contributed by atoms with Gasteiger partial charge in [0.2, 0.25) is 0 Å². The standard InChI is InChI=1S/C16H22N2O4/c1-16(17,15(19)21-3)9-11-10-18-14-5-4-12(8-13(11)14)22-7-6-20-2/h4-5,8,10,18H,6-7,9,17H2,1-3H3/t16-/m0/s1. The molecule has 6 heteroatoms. The molecule has 120 valence electrons. The first-order chi connectivity index (χ1) is 10.5. The van der Waals surface area contributed by atoms with Crippen molar-refractivity contribution in [3.8, 4) is 5.75 Å². The third-order valence-electron chi connectivity index (χ3n) is 3.50. The van der Waals surface area contributed by atoms with Crippen LogP contribution in [0.2, 0.25) is 0 Å².